The molecule has 4 rings (SSSR count). The molecule has 3 aromatic heterocycles. The van der Waals surface area contributed by atoms with Crippen molar-refractivity contribution in [2.24, 2.45) is 0 Å². The summed E-state index contributed by atoms with van der Waals surface area (Å²) in [7, 11) is -4.47. The van der Waals surface area contributed by atoms with E-state index in [1.54, 1.807) is 0 Å². The summed E-state index contributed by atoms with van der Waals surface area (Å²) in [5.74, 6) is -0.160. The highest BCUT2D eigenvalue weighted by molar-refractivity contribution is 7.85. The second-order valence-corrected chi connectivity index (χ2v) is 8.59. The summed E-state index contributed by atoms with van der Waals surface area (Å²) in [6.45, 7) is 0. The van der Waals surface area contributed by atoms with Gasteiger partial charge in [0.15, 0.2) is 5.82 Å². The molecule has 0 fully saturated rings. The van der Waals surface area contributed by atoms with E-state index in [9.17, 15) is 34.9 Å². The van der Waals surface area contributed by atoms with E-state index in [1.807, 2.05) is 0 Å². The van der Waals surface area contributed by atoms with Gasteiger partial charge in [-0.05, 0) is 42.5 Å². The van der Waals surface area contributed by atoms with Gasteiger partial charge in [-0.25, -0.2) is 18.7 Å². The molecular weight excluding hydrogens is 495 g/mol. The molecule has 0 saturated heterocycles. The van der Waals surface area contributed by atoms with Crippen LogP contribution >= 0.6 is 0 Å². The molecule has 0 amide bonds. The number of alkyl halides is 5. The smallest absolute Gasteiger partial charge is 0.282 e. The molecule has 0 aliphatic carbocycles. The summed E-state index contributed by atoms with van der Waals surface area (Å²) < 4.78 is 97.6. The lowest BCUT2D eigenvalue weighted by Gasteiger charge is -2.10. The monoisotopic (exact) mass is 508 g/mol. The largest absolute Gasteiger partial charge is 0.433 e. The quantitative estimate of drug-likeness (QED) is 0.281. The number of hydrogen-bond donors (Lipinski definition) is 1. The van der Waals surface area contributed by atoms with Gasteiger partial charge in [-0.1, -0.05) is 12.1 Å². The van der Waals surface area contributed by atoms with Crippen LogP contribution in [0.1, 0.15) is 17.8 Å². The highest BCUT2D eigenvalue weighted by Crippen LogP contribution is 2.31. The first kappa shape index (κ1) is 24.3. The van der Waals surface area contributed by atoms with E-state index in [0.717, 1.165) is 18.3 Å². The summed E-state index contributed by atoms with van der Waals surface area (Å²) in [5, 5.41) is 0. The molecule has 35 heavy (non-hydrogen) atoms. The summed E-state index contributed by atoms with van der Waals surface area (Å²) >= 11 is 0. The third-order valence-corrected chi connectivity index (χ3v) is 5.61. The van der Waals surface area contributed by atoms with Crippen molar-refractivity contribution in [3.05, 3.63) is 78.4 Å². The third-order valence-electron chi connectivity index (χ3n) is 4.77. The Hall–Kier alpha value is -3.84. The fraction of sp³-hybridized carbons (Fsp3) is 0.0909. The maximum Gasteiger partial charge on any atom is 0.433 e. The van der Waals surface area contributed by atoms with Crippen molar-refractivity contribution in [2.75, 3.05) is 0 Å². The van der Waals surface area contributed by atoms with E-state index in [2.05, 4.69) is 19.9 Å². The predicted octanol–water partition coefficient (Wildman–Crippen LogP) is 5.47. The Kier molecular flexibility index (Phi) is 6.30. The van der Waals surface area contributed by atoms with Crippen LogP contribution in [0.3, 0.4) is 0 Å². The zero-order chi connectivity index (χ0) is 25.4. The Morgan fingerprint density at radius 3 is 2.23 bits per heavy atom. The van der Waals surface area contributed by atoms with Crippen molar-refractivity contribution in [3.63, 3.8) is 0 Å². The van der Waals surface area contributed by atoms with Crippen molar-refractivity contribution in [1.82, 2.24) is 19.9 Å². The summed E-state index contributed by atoms with van der Waals surface area (Å²) in [6, 6.07) is 10.8. The molecule has 1 N–H and O–H groups in total. The maximum absolute atomic E-state index is 13.5. The molecule has 180 valence electrons. The first-order valence-electron chi connectivity index (χ1n) is 9.67. The Balaban J connectivity index is 1.79. The van der Waals surface area contributed by atoms with E-state index in [4.69, 9.17) is 0 Å². The van der Waals surface area contributed by atoms with Crippen molar-refractivity contribution in [2.45, 2.75) is 17.5 Å². The van der Waals surface area contributed by atoms with Crippen LogP contribution in [-0.4, -0.2) is 32.9 Å². The van der Waals surface area contributed by atoms with Crippen LogP contribution in [0.2, 0.25) is 0 Å². The van der Waals surface area contributed by atoms with Gasteiger partial charge in [0.05, 0.1) is 16.3 Å². The first-order chi connectivity index (χ1) is 16.4. The highest BCUT2D eigenvalue weighted by atomic mass is 32.2. The van der Waals surface area contributed by atoms with Crippen LogP contribution < -0.4 is 0 Å². The molecular formula is C22H13F5N4O3S. The minimum atomic E-state index is -4.66. The summed E-state index contributed by atoms with van der Waals surface area (Å²) in [6.07, 6.45) is -5.46. The fourth-order valence-electron chi connectivity index (χ4n) is 3.11. The van der Waals surface area contributed by atoms with E-state index >= 15 is 0 Å². The maximum atomic E-state index is 13.5. The number of rotatable bonds is 5. The number of benzene rings is 1. The predicted molar refractivity (Wildman–Crippen MR) is 114 cm³/mol. The van der Waals surface area contributed by atoms with Gasteiger partial charge in [0.2, 0.25) is 0 Å². The lowest BCUT2D eigenvalue weighted by Crippen LogP contribution is -2.07. The van der Waals surface area contributed by atoms with Crippen molar-refractivity contribution >= 4 is 10.1 Å². The summed E-state index contributed by atoms with van der Waals surface area (Å²) in [5.41, 5.74) is -1.03. The molecule has 4 aromatic rings. The Bertz CT molecular complexity index is 1490. The SMILES string of the molecule is O=S(=O)(O)c1cccc(-c2cc(-c3nc(-c4ccc(C(F)(F)F)nc4)cc(C(F)F)n3)ccn2)c1. The van der Waals surface area contributed by atoms with E-state index in [0.29, 0.717) is 11.6 Å². The molecule has 0 atom stereocenters. The molecule has 3 heterocycles. The van der Waals surface area contributed by atoms with Crippen LogP contribution in [-0.2, 0) is 16.3 Å². The van der Waals surface area contributed by atoms with Gasteiger partial charge in [0.1, 0.15) is 11.4 Å². The number of hydrogen-bond acceptors (Lipinski definition) is 6. The lowest BCUT2D eigenvalue weighted by molar-refractivity contribution is -0.141. The highest BCUT2D eigenvalue weighted by Gasteiger charge is 2.32. The Morgan fingerprint density at radius 1 is 0.829 bits per heavy atom. The zero-order valence-electron chi connectivity index (χ0n) is 17.3. The van der Waals surface area contributed by atoms with Gasteiger partial charge in [0.25, 0.3) is 16.5 Å². The van der Waals surface area contributed by atoms with E-state index < -0.39 is 34.1 Å². The number of halogens is 5. The van der Waals surface area contributed by atoms with Crippen molar-refractivity contribution in [1.29, 1.82) is 0 Å². The van der Waals surface area contributed by atoms with E-state index in [1.165, 1.54) is 42.6 Å². The Labute approximate surface area is 195 Å². The van der Waals surface area contributed by atoms with Gasteiger partial charge in [-0.15, -0.1) is 0 Å². The van der Waals surface area contributed by atoms with Crippen LogP contribution in [0, 0.1) is 0 Å². The zero-order valence-corrected chi connectivity index (χ0v) is 18.1. The van der Waals surface area contributed by atoms with Crippen molar-refractivity contribution in [3.8, 4) is 33.9 Å². The van der Waals surface area contributed by atoms with Gasteiger partial charge in [-0.2, -0.15) is 21.6 Å². The molecule has 0 bridgehead atoms. The minimum Gasteiger partial charge on any atom is -0.282 e. The second kappa shape index (κ2) is 9.07. The summed E-state index contributed by atoms with van der Waals surface area (Å²) in [4.78, 5) is 15.2. The molecule has 0 aliphatic heterocycles. The topological polar surface area (TPSA) is 106 Å². The normalized spacial score (nSPS) is 12.2. The molecule has 1 aromatic carbocycles. The molecule has 13 heteroatoms. The average molecular weight is 508 g/mol. The third kappa shape index (κ3) is 5.46. The molecule has 7 nitrogen and oxygen atoms in total. The van der Waals surface area contributed by atoms with Crippen molar-refractivity contribution < 1.29 is 34.9 Å². The molecule has 0 saturated carbocycles. The van der Waals surface area contributed by atoms with Crippen LogP contribution in [0.4, 0.5) is 22.0 Å². The average Bonchev–Trinajstić information content (AvgIpc) is 2.83. The molecule has 0 aliphatic rings. The Morgan fingerprint density at radius 2 is 1.60 bits per heavy atom. The van der Waals surface area contributed by atoms with Crippen LogP contribution in [0.5, 0.6) is 0 Å². The van der Waals surface area contributed by atoms with Gasteiger partial charge in [0, 0.05) is 29.1 Å². The van der Waals surface area contributed by atoms with Gasteiger partial charge >= 0.3 is 6.18 Å². The molecule has 0 unspecified atom stereocenters. The number of nitrogens with zero attached hydrogens (tertiary/aromatic N) is 4. The standard InChI is InChI=1S/C22H13F5N4O3S/c23-20(24)18-10-17(14-4-5-19(29-11-14)22(25,26)27)30-21(31-18)13-6-7-28-16(9-13)12-2-1-3-15(8-12)35(32,33)34/h1-11,20H,(H,32,33,34). The lowest BCUT2D eigenvalue weighted by atomic mass is 10.1. The number of pyridine rings is 2. The van der Waals surface area contributed by atoms with E-state index in [-0.39, 0.29) is 33.2 Å². The molecule has 0 spiro atoms. The minimum absolute atomic E-state index is 0.0682. The first-order valence-corrected chi connectivity index (χ1v) is 11.1. The van der Waals surface area contributed by atoms with Gasteiger partial charge < -0.3 is 0 Å². The number of aromatic nitrogens is 4. The molecule has 0 radical (unpaired) electrons. The van der Waals surface area contributed by atoms with Crippen LogP contribution in [0.15, 0.2) is 71.9 Å². The second-order valence-electron chi connectivity index (χ2n) is 7.16. The van der Waals surface area contributed by atoms with Crippen LogP contribution in [0.25, 0.3) is 33.9 Å². The van der Waals surface area contributed by atoms with Gasteiger partial charge in [-0.3, -0.25) is 14.5 Å². The fourth-order valence-corrected chi connectivity index (χ4v) is 3.64.